The smallest absolute Gasteiger partial charge is 0.186 e. The zero-order chi connectivity index (χ0) is 15.1. The first kappa shape index (κ1) is 16.0. The predicted octanol–water partition coefficient (Wildman–Crippen LogP) is 3.84. The third kappa shape index (κ3) is 4.29. The third-order valence-corrected chi connectivity index (χ3v) is 4.66. The summed E-state index contributed by atoms with van der Waals surface area (Å²) in [5, 5.41) is 4.56. The van der Waals surface area contributed by atoms with E-state index in [1.165, 1.54) is 16.1 Å². The van der Waals surface area contributed by atoms with E-state index in [4.69, 9.17) is 4.98 Å². The average molecular weight is 303 g/mol. The summed E-state index contributed by atoms with van der Waals surface area (Å²) in [5.41, 5.74) is 2.57. The molecule has 1 N–H and O–H groups in total. The molecule has 2 aromatic rings. The monoisotopic (exact) mass is 303 g/mol. The van der Waals surface area contributed by atoms with Crippen LogP contribution in [-0.4, -0.2) is 18.1 Å². The lowest BCUT2D eigenvalue weighted by Gasteiger charge is -2.19. The Morgan fingerprint density at radius 1 is 1.14 bits per heavy atom. The largest absolute Gasteiger partial charge is 0.344 e. The van der Waals surface area contributed by atoms with E-state index in [0.29, 0.717) is 0 Å². The van der Waals surface area contributed by atoms with Crippen molar-refractivity contribution in [2.75, 3.05) is 18.0 Å². The zero-order valence-electron chi connectivity index (χ0n) is 13.2. The van der Waals surface area contributed by atoms with Gasteiger partial charge >= 0.3 is 0 Å². The number of nitrogens with one attached hydrogen (secondary N) is 1. The molecule has 0 saturated carbocycles. The average Bonchev–Trinajstić information content (AvgIpc) is 2.94. The van der Waals surface area contributed by atoms with Crippen molar-refractivity contribution in [3.63, 3.8) is 0 Å². The van der Waals surface area contributed by atoms with Crippen LogP contribution in [0.15, 0.2) is 30.3 Å². The van der Waals surface area contributed by atoms with Gasteiger partial charge in [0.15, 0.2) is 5.13 Å². The van der Waals surface area contributed by atoms with Gasteiger partial charge in [0.25, 0.3) is 0 Å². The van der Waals surface area contributed by atoms with Crippen molar-refractivity contribution in [2.24, 2.45) is 0 Å². The lowest BCUT2D eigenvalue weighted by molar-refractivity contribution is 0.727. The van der Waals surface area contributed by atoms with Crippen LogP contribution in [0.5, 0.6) is 0 Å². The van der Waals surface area contributed by atoms with Crippen LogP contribution in [0.3, 0.4) is 0 Å². The Morgan fingerprint density at radius 2 is 1.90 bits per heavy atom. The van der Waals surface area contributed by atoms with Crippen LogP contribution in [0.2, 0.25) is 0 Å². The highest BCUT2D eigenvalue weighted by Crippen LogP contribution is 2.28. The van der Waals surface area contributed by atoms with Crippen LogP contribution >= 0.6 is 11.3 Å². The number of anilines is 1. The number of benzene rings is 1. The predicted molar refractivity (Wildman–Crippen MR) is 92.0 cm³/mol. The quantitative estimate of drug-likeness (QED) is 0.803. The summed E-state index contributed by atoms with van der Waals surface area (Å²) in [6.07, 6.45) is 1.00. The van der Waals surface area contributed by atoms with Crippen LogP contribution in [0.25, 0.3) is 0 Å². The van der Waals surface area contributed by atoms with E-state index in [9.17, 15) is 0 Å². The summed E-state index contributed by atoms with van der Waals surface area (Å²) in [6, 6.07) is 10.6. The Kier molecular flexibility index (Phi) is 6.21. The second-order valence-electron chi connectivity index (χ2n) is 5.00. The summed E-state index contributed by atoms with van der Waals surface area (Å²) in [7, 11) is 0. The standard InChI is InChI=1S/C17H25N3S/c1-4-15-16(12-18-5-2)21-17(19-15)20(6-3)13-14-10-8-7-9-11-14/h7-11,18H,4-6,12-13H2,1-3H3. The molecule has 0 saturated heterocycles. The fourth-order valence-electron chi connectivity index (χ4n) is 2.28. The minimum Gasteiger partial charge on any atom is -0.344 e. The first-order chi connectivity index (χ1) is 10.3. The van der Waals surface area contributed by atoms with E-state index < -0.39 is 0 Å². The molecule has 114 valence electrons. The first-order valence-corrected chi connectivity index (χ1v) is 8.58. The maximum Gasteiger partial charge on any atom is 0.186 e. The molecule has 0 radical (unpaired) electrons. The van der Waals surface area contributed by atoms with Crippen LogP contribution < -0.4 is 10.2 Å². The molecule has 0 bridgehead atoms. The molecule has 0 atom stereocenters. The highest BCUT2D eigenvalue weighted by Gasteiger charge is 2.14. The molecule has 21 heavy (non-hydrogen) atoms. The highest BCUT2D eigenvalue weighted by molar-refractivity contribution is 7.15. The number of aryl methyl sites for hydroxylation is 1. The van der Waals surface area contributed by atoms with Crippen molar-refractivity contribution >= 4 is 16.5 Å². The molecule has 0 aliphatic heterocycles. The Morgan fingerprint density at radius 3 is 2.52 bits per heavy atom. The van der Waals surface area contributed by atoms with E-state index >= 15 is 0 Å². The minimum absolute atomic E-state index is 0.925. The molecule has 0 spiro atoms. The number of hydrogen-bond donors (Lipinski definition) is 1. The Labute approximate surface area is 132 Å². The van der Waals surface area contributed by atoms with Crippen molar-refractivity contribution in [2.45, 2.75) is 40.3 Å². The SMILES string of the molecule is CCNCc1sc(N(CC)Cc2ccccc2)nc1CC. The normalized spacial score (nSPS) is 10.8. The molecule has 0 amide bonds. The molecule has 1 heterocycles. The van der Waals surface area contributed by atoms with E-state index in [1.807, 2.05) is 11.3 Å². The van der Waals surface area contributed by atoms with Gasteiger partial charge in [-0.25, -0.2) is 4.98 Å². The fourth-order valence-corrected chi connectivity index (χ4v) is 3.46. The van der Waals surface area contributed by atoms with Gasteiger partial charge in [0, 0.05) is 24.5 Å². The van der Waals surface area contributed by atoms with Crippen LogP contribution in [-0.2, 0) is 19.5 Å². The molecule has 0 aliphatic rings. The molecule has 3 nitrogen and oxygen atoms in total. The molecular weight excluding hydrogens is 278 g/mol. The number of hydrogen-bond acceptors (Lipinski definition) is 4. The van der Waals surface area contributed by atoms with Gasteiger partial charge in [0.1, 0.15) is 0 Å². The van der Waals surface area contributed by atoms with Crippen molar-refractivity contribution in [3.05, 3.63) is 46.5 Å². The highest BCUT2D eigenvalue weighted by atomic mass is 32.1. The van der Waals surface area contributed by atoms with Gasteiger partial charge in [-0.05, 0) is 25.5 Å². The maximum atomic E-state index is 4.85. The van der Waals surface area contributed by atoms with Crippen molar-refractivity contribution in [1.29, 1.82) is 0 Å². The summed E-state index contributed by atoms with van der Waals surface area (Å²) < 4.78 is 0. The molecule has 0 unspecified atom stereocenters. The fraction of sp³-hybridized carbons (Fsp3) is 0.471. The summed E-state index contributed by atoms with van der Waals surface area (Å²) in [4.78, 5) is 8.58. The summed E-state index contributed by atoms with van der Waals surface area (Å²) in [6.45, 7) is 10.3. The Balaban J connectivity index is 2.15. The van der Waals surface area contributed by atoms with E-state index in [1.54, 1.807) is 0 Å². The topological polar surface area (TPSA) is 28.2 Å². The van der Waals surface area contributed by atoms with Gasteiger partial charge in [-0.3, -0.25) is 0 Å². The van der Waals surface area contributed by atoms with Gasteiger partial charge < -0.3 is 10.2 Å². The molecule has 1 aromatic carbocycles. The molecule has 0 fully saturated rings. The zero-order valence-corrected chi connectivity index (χ0v) is 14.0. The molecule has 4 heteroatoms. The number of thiazole rings is 1. The van der Waals surface area contributed by atoms with Crippen LogP contribution in [0.4, 0.5) is 5.13 Å². The van der Waals surface area contributed by atoms with Crippen LogP contribution in [0.1, 0.15) is 36.9 Å². The number of aromatic nitrogens is 1. The van der Waals surface area contributed by atoms with E-state index in [-0.39, 0.29) is 0 Å². The maximum absolute atomic E-state index is 4.85. The molecule has 1 aromatic heterocycles. The van der Waals surface area contributed by atoms with Gasteiger partial charge in [-0.1, -0.05) is 44.2 Å². The Bertz CT molecular complexity index is 536. The molecular formula is C17H25N3S. The third-order valence-electron chi connectivity index (χ3n) is 3.51. The summed E-state index contributed by atoms with van der Waals surface area (Å²) >= 11 is 1.83. The van der Waals surface area contributed by atoms with Crippen LogP contribution in [0, 0.1) is 0 Å². The van der Waals surface area contributed by atoms with E-state index in [0.717, 1.165) is 37.7 Å². The second-order valence-corrected chi connectivity index (χ2v) is 6.06. The molecule has 0 aliphatic carbocycles. The molecule has 2 rings (SSSR count). The van der Waals surface area contributed by atoms with Gasteiger partial charge in [0.05, 0.1) is 5.69 Å². The number of nitrogens with zero attached hydrogens (tertiary/aromatic N) is 2. The summed E-state index contributed by atoms with van der Waals surface area (Å²) in [5.74, 6) is 0. The van der Waals surface area contributed by atoms with Gasteiger partial charge in [0.2, 0.25) is 0 Å². The number of rotatable bonds is 8. The first-order valence-electron chi connectivity index (χ1n) is 7.76. The lowest BCUT2D eigenvalue weighted by Crippen LogP contribution is -2.21. The second kappa shape index (κ2) is 8.15. The van der Waals surface area contributed by atoms with Gasteiger partial charge in [-0.15, -0.1) is 11.3 Å². The van der Waals surface area contributed by atoms with Crippen molar-refractivity contribution in [3.8, 4) is 0 Å². The minimum atomic E-state index is 0.925. The van der Waals surface area contributed by atoms with Crippen molar-refractivity contribution in [1.82, 2.24) is 10.3 Å². The van der Waals surface area contributed by atoms with Gasteiger partial charge in [-0.2, -0.15) is 0 Å². The van der Waals surface area contributed by atoms with Crippen molar-refractivity contribution < 1.29 is 0 Å². The lowest BCUT2D eigenvalue weighted by atomic mass is 10.2. The van der Waals surface area contributed by atoms with E-state index in [2.05, 4.69) is 61.3 Å². The Hall–Kier alpha value is -1.39.